The van der Waals surface area contributed by atoms with Gasteiger partial charge in [-0.2, -0.15) is 0 Å². The molecule has 0 aromatic carbocycles. The summed E-state index contributed by atoms with van der Waals surface area (Å²) in [5.74, 6) is 0.917. The summed E-state index contributed by atoms with van der Waals surface area (Å²) in [6.07, 6.45) is 4.83. The second-order valence-corrected chi connectivity index (χ2v) is 7.75. The molecule has 0 saturated heterocycles. The molecule has 0 N–H and O–H groups in total. The van der Waals surface area contributed by atoms with Gasteiger partial charge in [0.25, 0.3) is 0 Å². The fraction of sp³-hybridized carbons (Fsp3) is 0.750. The van der Waals surface area contributed by atoms with Gasteiger partial charge in [0, 0.05) is 18.9 Å². The summed E-state index contributed by atoms with van der Waals surface area (Å²) >= 11 is 0. The Morgan fingerprint density at radius 2 is 1.53 bits per heavy atom. The third-order valence-corrected chi connectivity index (χ3v) is 2.86. The lowest BCUT2D eigenvalue weighted by Crippen LogP contribution is -2.35. The molecular formula is C16H29N3. The average Bonchev–Trinajstić information content (AvgIpc) is 2.24. The lowest BCUT2D eigenvalue weighted by Gasteiger charge is -2.31. The highest BCUT2D eigenvalue weighted by Gasteiger charge is 2.19. The van der Waals surface area contributed by atoms with E-state index >= 15 is 0 Å². The van der Waals surface area contributed by atoms with Crippen LogP contribution in [0.4, 0.5) is 0 Å². The molecule has 1 rings (SSSR count). The van der Waals surface area contributed by atoms with Crippen LogP contribution in [0.2, 0.25) is 0 Å². The molecule has 108 valence electrons. The molecule has 1 aromatic heterocycles. The van der Waals surface area contributed by atoms with Crippen molar-refractivity contribution in [1.82, 2.24) is 14.9 Å². The molecule has 0 aliphatic rings. The number of aromatic nitrogens is 2. The van der Waals surface area contributed by atoms with Crippen molar-refractivity contribution >= 4 is 0 Å². The molecule has 3 nitrogen and oxygen atoms in total. The van der Waals surface area contributed by atoms with Gasteiger partial charge >= 0.3 is 0 Å². The predicted octanol–water partition coefficient (Wildman–Crippen LogP) is 3.76. The van der Waals surface area contributed by atoms with Gasteiger partial charge in [-0.25, -0.2) is 9.97 Å². The Labute approximate surface area is 118 Å². The van der Waals surface area contributed by atoms with Crippen LogP contribution in [0.5, 0.6) is 0 Å². The molecule has 1 aromatic rings. The van der Waals surface area contributed by atoms with E-state index in [1.165, 1.54) is 6.42 Å². The first-order valence-corrected chi connectivity index (χ1v) is 7.14. The van der Waals surface area contributed by atoms with E-state index in [0.29, 0.717) is 10.8 Å². The van der Waals surface area contributed by atoms with Crippen molar-refractivity contribution in [2.45, 2.75) is 54.5 Å². The van der Waals surface area contributed by atoms with Gasteiger partial charge in [0.1, 0.15) is 5.82 Å². The maximum absolute atomic E-state index is 4.34. The van der Waals surface area contributed by atoms with Crippen LogP contribution in [-0.2, 0) is 6.54 Å². The van der Waals surface area contributed by atoms with Crippen LogP contribution in [0.15, 0.2) is 18.5 Å². The zero-order chi connectivity index (χ0) is 14.5. The Kier molecular flexibility index (Phi) is 5.48. The second kappa shape index (κ2) is 6.47. The van der Waals surface area contributed by atoms with E-state index in [-0.39, 0.29) is 0 Å². The lowest BCUT2D eigenvalue weighted by molar-refractivity contribution is 0.159. The smallest absolute Gasteiger partial charge is 0.142 e. The van der Waals surface area contributed by atoms with Gasteiger partial charge in [0.15, 0.2) is 0 Å². The van der Waals surface area contributed by atoms with Gasteiger partial charge in [0.2, 0.25) is 0 Å². The molecule has 0 aliphatic carbocycles. The molecular weight excluding hydrogens is 234 g/mol. The van der Waals surface area contributed by atoms with E-state index in [4.69, 9.17) is 0 Å². The summed E-state index contributed by atoms with van der Waals surface area (Å²) in [5, 5.41) is 0. The number of hydrogen-bond acceptors (Lipinski definition) is 3. The number of hydrogen-bond donors (Lipinski definition) is 0. The Morgan fingerprint density at radius 1 is 0.947 bits per heavy atom. The standard InChI is InChI=1S/C16H29N3/c1-15(2,3)8-11-19(13-16(4,5)6)12-14-17-9-7-10-18-14/h7,9-10H,8,11-13H2,1-6H3. The average molecular weight is 263 g/mol. The maximum Gasteiger partial charge on any atom is 0.142 e. The zero-order valence-electron chi connectivity index (χ0n) is 13.4. The Balaban J connectivity index is 2.64. The minimum atomic E-state index is 0.298. The number of nitrogens with zero attached hydrogens (tertiary/aromatic N) is 3. The first-order valence-electron chi connectivity index (χ1n) is 7.14. The molecule has 0 unspecified atom stereocenters. The first kappa shape index (κ1) is 16.1. The van der Waals surface area contributed by atoms with Crippen molar-refractivity contribution in [3.63, 3.8) is 0 Å². The van der Waals surface area contributed by atoms with Gasteiger partial charge in [-0.1, -0.05) is 41.5 Å². The molecule has 0 fully saturated rings. The van der Waals surface area contributed by atoms with Crippen molar-refractivity contribution in [3.05, 3.63) is 24.3 Å². The highest BCUT2D eigenvalue weighted by atomic mass is 15.1. The third kappa shape index (κ3) is 7.93. The van der Waals surface area contributed by atoms with E-state index in [2.05, 4.69) is 56.4 Å². The quantitative estimate of drug-likeness (QED) is 0.810. The van der Waals surface area contributed by atoms with Gasteiger partial charge in [-0.3, -0.25) is 4.90 Å². The van der Waals surface area contributed by atoms with Gasteiger partial charge < -0.3 is 0 Å². The van der Waals surface area contributed by atoms with Crippen LogP contribution in [0.25, 0.3) is 0 Å². The molecule has 0 aliphatic heterocycles. The Hall–Kier alpha value is -0.960. The van der Waals surface area contributed by atoms with E-state index in [9.17, 15) is 0 Å². The van der Waals surface area contributed by atoms with Crippen molar-refractivity contribution in [2.24, 2.45) is 10.8 Å². The van der Waals surface area contributed by atoms with E-state index in [1.807, 2.05) is 18.5 Å². The van der Waals surface area contributed by atoms with Crippen LogP contribution >= 0.6 is 0 Å². The van der Waals surface area contributed by atoms with Crippen LogP contribution in [0.1, 0.15) is 53.8 Å². The second-order valence-electron chi connectivity index (χ2n) is 7.75. The molecule has 0 bridgehead atoms. The summed E-state index contributed by atoms with van der Waals surface area (Å²) in [4.78, 5) is 11.2. The van der Waals surface area contributed by atoms with Gasteiger partial charge in [0.05, 0.1) is 6.54 Å². The molecule has 0 saturated carbocycles. The zero-order valence-corrected chi connectivity index (χ0v) is 13.4. The minimum absolute atomic E-state index is 0.298. The normalized spacial score (nSPS) is 13.0. The van der Waals surface area contributed by atoms with E-state index < -0.39 is 0 Å². The highest BCUT2D eigenvalue weighted by molar-refractivity contribution is 4.89. The lowest BCUT2D eigenvalue weighted by atomic mass is 9.91. The van der Waals surface area contributed by atoms with Crippen molar-refractivity contribution < 1.29 is 0 Å². The van der Waals surface area contributed by atoms with E-state index in [0.717, 1.165) is 25.5 Å². The summed E-state index contributed by atoms with van der Waals surface area (Å²) in [6.45, 7) is 16.7. The SMILES string of the molecule is CC(C)(C)CCN(Cc1ncccn1)CC(C)(C)C. The molecule has 0 amide bonds. The van der Waals surface area contributed by atoms with E-state index in [1.54, 1.807) is 0 Å². The van der Waals surface area contributed by atoms with Crippen LogP contribution < -0.4 is 0 Å². The Bertz CT molecular complexity index is 360. The van der Waals surface area contributed by atoms with Crippen molar-refractivity contribution in [3.8, 4) is 0 Å². The highest BCUT2D eigenvalue weighted by Crippen LogP contribution is 2.22. The van der Waals surface area contributed by atoms with Crippen molar-refractivity contribution in [1.29, 1.82) is 0 Å². The van der Waals surface area contributed by atoms with Crippen LogP contribution in [-0.4, -0.2) is 28.0 Å². The monoisotopic (exact) mass is 263 g/mol. The molecule has 3 heteroatoms. The maximum atomic E-state index is 4.34. The molecule has 0 spiro atoms. The van der Waals surface area contributed by atoms with Gasteiger partial charge in [-0.05, 0) is 29.9 Å². The van der Waals surface area contributed by atoms with Crippen molar-refractivity contribution in [2.75, 3.05) is 13.1 Å². The summed E-state index contributed by atoms with van der Waals surface area (Å²) in [5.41, 5.74) is 0.667. The Morgan fingerprint density at radius 3 is 2.00 bits per heavy atom. The predicted molar refractivity (Wildman–Crippen MR) is 80.8 cm³/mol. The summed E-state index contributed by atoms with van der Waals surface area (Å²) < 4.78 is 0. The fourth-order valence-corrected chi connectivity index (χ4v) is 1.99. The first-order chi connectivity index (χ1) is 8.66. The summed E-state index contributed by atoms with van der Waals surface area (Å²) in [6, 6.07) is 1.87. The molecule has 0 atom stereocenters. The molecule has 19 heavy (non-hydrogen) atoms. The molecule has 0 radical (unpaired) electrons. The topological polar surface area (TPSA) is 29.0 Å². The van der Waals surface area contributed by atoms with Gasteiger partial charge in [-0.15, -0.1) is 0 Å². The largest absolute Gasteiger partial charge is 0.295 e. The molecule has 1 heterocycles. The van der Waals surface area contributed by atoms with Crippen LogP contribution in [0, 0.1) is 10.8 Å². The fourth-order valence-electron chi connectivity index (χ4n) is 1.99. The van der Waals surface area contributed by atoms with Crippen LogP contribution in [0.3, 0.4) is 0 Å². The third-order valence-electron chi connectivity index (χ3n) is 2.86. The summed E-state index contributed by atoms with van der Waals surface area (Å²) in [7, 11) is 0. The minimum Gasteiger partial charge on any atom is -0.295 e. The number of rotatable bonds is 5.